The minimum Gasteiger partial charge on any atom is -0.480 e. The van der Waals surface area contributed by atoms with Gasteiger partial charge in [0.2, 0.25) is 0 Å². The summed E-state index contributed by atoms with van der Waals surface area (Å²) in [6, 6.07) is -1.77. The molecule has 2 amide bonds. The van der Waals surface area contributed by atoms with Gasteiger partial charge in [-0.1, -0.05) is 0 Å². The Kier molecular flexibility index (Phi) is 6.25. The molecule has 1 unspecified atom stereocenters. The molecule has 0 radical (unpaired) electrons. The van der Waals surface area contributed by atoms with Crippen LogP contribution in [0.2, 0.25) is 0 Å². The molecule has 1 fully saturated rings. The number of rotatable bonds is 5. The maximum absolute atomic E-state index is 12.5. The highest BCUT2D eigenvalue weighted by atomic mass is 19.4. The zero-order chi connectivity index (χ0) is 16.0. The maximum atomic E-state index is 12.5. The van der Waals surface area contributed by atoms with E-state index in [9.17, 15) is 22.8 Å². The standard InChI is InChI=1S/C12H19F3N2O4/c1-21-7-4-9(10(18)19)16-11(20)17-5-2-8(3-6-17)12(13,14)15/h8-9H,2-7H2,1H3,(H,16,20)(H,18,19). The number of carboxylic acids is 1. The highest BCUT2D eigenvalue weighted by Crippen LogP contribution is 2.34. The van der Waals surface area contributed by atoms with E-state index >= 15 is 0 Å². The van der Waals surface area contributed by atoms with E-state index in [4.69, 9.17) is 9.84 Å². The Balaban J connectivity index is 2.47. The van der Waals surface area contributed by atoms with E-state index in [0.29, 0.717) is 0 Å². The number of aliphatic carboxylic acids is 1. The molecular formula is C12H19F3N2O4. The lowest BCUT2D eigenvalue weighted by molar-refractivity contribution is -0.183. The number of carbonyl (C=O) groups excluding carboxylic acids is 1. The van der Waals surface area contributed by atoms with Crippen LogP contribution in [0.4, 0.5) is 18.0 Å². The highest BCUT2D eigenvalue weighted by Gasteiger charge is 2.41. The summed E-state index contributed by atoms with van der Waals surface area (Å²) in [5.41, 5.74) is 0. The van der Waals surface area contributed by atoms with Crippen molar-refractivity contribution in [2.75, 3.05) is 26.8 Å². The predicted molar refractivity (Wildman–Crippen MR) is 66.8 cm³/mol. The predicted octanol–water partition coefficient (Wildman–Crippen LogP) is 1.46. The average molecular weight is 312 g/mol. The molecular weight excluding hydrogens is 293 g/mol. The fourth-order valence-electron chi connectivity index (χ4n) is 2.14. The monoisotopic (exact) mass is 312 g/mol. The number of hydrogen-bond donors (Lipinski definition) is 2. The molecule has 1 heterocycles. The second-order valence-corrected chi connectivity index (χ2v) is 4.92. The Hall–Kier alpha value is -1.51. The number of alkyl halides is 3. The van der Waals surface area contributed by atoms with Gasteiger partial charge in [-0.05, 0) is 12.8 Å². The number of carboxylic acid groups (broad SMARTS) is 1. The Morgan fingerprint density at radius 3 is 2.38 bits per heavy atom. The third-order valence-electron chi connectivity index (χ3n) is 3.45. The third kappa shape index (κ3) is 5.41. The normalized spacial score (nSPS) is 18.4. The first-order valence-electron chi connectivity index (χ1n) is 6.59. The van der Waals surface area contributed by atoms with Crippen LogP contribution in [0.3, 0.4) is 0 Å². The van der Waals surface area contributed by atoms with Gasteiger partial charge in [0.15, 0.2) is 0 Å². The van der Waals surface area contributed by atoms with Gasteiger partial charge in [-0.15, -0.1) is 0 Å². The van der Waals surface area contributed by atoms with Crippen LogP contribution in [0.5, 0.6) is 0 Å². The van der Waals surface area contributed by atoms with Crippen LogP contribution in [-0.4, -0.2) is 61.0 Å². The fourth-order valence-corrected chi connectivity index (χ4v) is 2.14. The van der Waals surface area contributed by atoms with Crippen LogP contribution in [0.25, 0.3) is 0 Å². The smallest absolute Gasteiger partial charge is 0.391 e. The second kappa shape index (κ2) is 7.48. The van der Waals surface area contributed by atoms with Gasteiger partial charge in [-0.3, -0.25) is 0 Å². The lowest BCUT2D eigenvalue weighted by Crippen LogP contribution is -2.51. The van der Waals surface area contributed by atoms with Crippen molar-refractivity contribution in [3.05, 3.63) is 0 Å². The van der Waals surface area contributed by atoms with Crippen molar-refractivity contribution < 1.29 is 32.6 Å². The number of methoxy groups -OCH3 is 1. The molecule has 0 aliphatic carbocycles. The number of halogens is 3. The average Bonchev–Trinajstić information content (AvgIpc) is 2.42. The van der Waals surface area contributed by atoms with Crippen molar-refractivity contribution in [1.82, 2.24) is 10.2 Å². The Morgan fingerprint density at radius 2 is 1.95 bits per heavy atom. The summed E-state index contributed by atoms with van der Waals surface area (Å²) < 4.78 is 42.3. The fraction of sp³-hybridized carbons (Fsp3) is 0.833. The number of piperidine rings is 1. The first-order chi connectivity index (χ1) is 9.75. The van der Waals surface area contributed by atoms with Crippen LogP contribution in [0, 0.1) is 5.92 Å². The molecule has 1 aliphatic rings. The van der Waals surface area contributed by atoms with Crippen LogP contribution < -0.4 is 5.32 Å². The van der Waals surface area contributed by atoms with Crippen LogP contribution in [0.1, 0.15) is 19.3 Å². The van der Waals surface area contributed by atoms with Crippen LogP contribution in [0.15, 0.2) is 0 Å². The number of carbonyl (C=O) groups is 2. The molecule has 1 saturated heterocycles. The van der Waals surface area contributed by atoms with Crippen molar-refractivity contribution >= 4 is 12.0 Å². The van der Waals surface area contributed by atoms with Crippen LogP contribution in [-0.2, 0) is 9.53 Å². The number of nitrogens with one attached hydrogen (secondary N) is 1. The Bertz CT molecular complexity index is 368. The number of urea groups is 1. The van der Waals surface area contributed by atoms with E-state index in [1.807, 2.05) is 0 Å². The zero-order valence-electron chi connectivity index (χ0n) is 11.7. The van der Waals surface area contributed by atoms with Crippen molar-refractivity contribution in [1.29, 1.82) is 0 Å². The lowest BCUT2D eigenvalue weighted by atomic mass is 9.96. The zero-order valence-corrected chi connectivity index (χ0v) is 11.7. The summed E-state index contributed by atoms with van der Waals surface area (Å²) in [5, 5.41) is 11.3. The molecule has 0 aromatic rings. The van der Waals surface area contributed by atoms with Gasteiger partial charge in [0.05, 0.1) is 5.92 Å². The molecule has 6 nitrogen and oxygen atoms in total. The number of nitrogens with zero attached hydrogens (tertiary/aromatic N) is 1. The van der Waals surface area contributed by atoms with Crippen LogP contribution >= 0.6 is 0 Å². The van der Waals surface area contributed by atoms with Gasteiger partial charge >= 0.3 is 18.2 Å². The van der Waals surface area contributed by atoms with Crippen molar-refractivity contribution in [3.63, 3.8) is 0 Å². The number of likely N-dealkylation sites (tertiary alicyclic amines) is 1. The molecule has 122 valence electrons. The summed E-state index contributed by atoms with van der Waals surface area (Å²) in [4.78, 5) is 24.0. The number of ether oxygens (including phenoxy) is 1. The van der Waals surface area contributed by atoms with E-state index in [1.54, 1.807) is 0 Å². The van der Waals surface area contributed by atoms with Gasteiger partial charge in [0.25, 0.3) is 0 Å². The lowest BCUT2D eigenvalue weighted by Gasteiger charge is -2.33. The maximum Gasteiger partial charge on any atom is 0.391 e. The molecule has 9 heteroatoms. The molecule has 0 bridgehead atoms. The largest absolute Gasteiger partial charge is 0.480 e. The Morgan fingerprint density at radius 1 is 1.38 bits per heavy atom. The molecule has 2 N–H and O–H groups in total. The van der Waals surface area contributed by atoms with Crippen molar-refractivity contribution in [3.8, 4) is 0 Å². The van der Waals surface area contributed by atoms with Gasteiger partial charge in [0, 0.05) is 33.2 Å². The Labute approximate surface area is 120 Å². The SMILES string of the molecule is COCCC(NC(=O)N1CCC(C(F)(F)F)CC1)C(=O)O. The van der Waals surface area contributed by atoms with E-state index in [-0.39, 0.29) is 39.0 Å². The topological polar surface area (TPSA) is 78.9 Å². The quantitative estimate of drug-likeness (QED) is 0.805. The van der Waals surface area contributed by atoms with E-state index in [0.717, 1.165) is 0 Å². The number of hydrogen-bond acceptors (Lipinski definition) is 3. The molecule has 0 saturated carbocycles. The van der Waals surface area contributed by atoms with E-state index in [1.165, 1.54) is 12.0 Å². The van der Waals surface area contributed by atoms with Crippen molar-refractivity contribution in [2.24, 2.45) is 5.92 Å². The third-order valence-corrected chi connectivity index (χ3v) is 3.45. The minimum absolute atomic E-state index is 0.0351. The van der Waals surface area contributed by atoms with Gasteiger partial charge in [0.1, 0.15) is 6.04 Å². The van der Waals surface area contributed by atoms with E-state index in [2.05, 4.69) is 5.32 Å². The summed E-state index contributed by atoms with van der Waals surface area (Å²) in [6.07, 6.45) is -4.47. The first-order valence-corrected chi connectivity index (χ1v) is 6.59. The highest BCUT2D eigenvalue weighted by molar-refractivity contribution is 5.82. The molecule has 1 atom stereocenters. The summed E-state index contributed by atoms with van der Waals surface area (Å²) in [5.74, 6) is -2.60. The van der Waals surface area contributed by atoms with Gasteiger partial charge < -0.3 is 20.1 Å². The summed E-state index contributed by atoms with van der Waals surface area (Å²) in [6.45, 7) is 0.0899. The number of amides is 2. The van der Waals surface area contributed by atoms with Crippen molar-refractivity contribution in [2.45, 2.75) is 31.5 Å². The summed E-state index contributed by atoms with van der Waals surface area (Å²) >= 11 is 0. The van der Waals surface area contributed by atoms with Gasteiger partial charge in [-0.25, -0.2) is 9.59 Å². The molecule has 21 heavy (non-hydrogen) atoms. The first kappa shape index (κ1) is 17.5. The van der Waals surface area contributed by atoms with Gasteiger partial charge in [-0.2, -0.15) is 13.2 Å². The molecule has 1 rings (SSSR count). The summed E-state index contributed by atoms with van der Waals surface area (Å²) in [7, 11) is 1.41. The molecule has 0 aromatic heterocycles. The molecule has 1 aliphatic heterocycles. The molecule has 0 spiro atoms. The molecule has 0 aromatic carbocycles. The second-order valence-electron chi connectivity index (χ2n) is 4.92. The van der Waals surface area contributed by atoms with E-state index < -0.39 is 30.1 Å². The minimum atomic E-state index is -4.25.